The largest absolute Gasteiger partial charge is 0.355 e. The van der Waals surface area contributed by atoms with Gasteiger partial charge in [-0.3, -0.25) is 4.79 Å². The third-order valence-electron chi connectivity index (χ3n) is 6.86. The van der Waals surface area contributed by atoms with Gasteiger partial charge in [0.1, 0.15) is 17.2 Å². The maximum Gasteiger partial charge on any atom is 0.321 e. The molecule has 1 atom stereocenters. The lowest BCUT2D eigenvalue weighted by Gasteiger charge is -2.28. The number of benzene rings is 2. The Balaban J connectivity index is 1.43. The fourth-order valence-corrected chi connectivity index (χ4v) is 5.40. The second kappa shape index (κ2) is 8.79. The highest BCUT2D eigenvalue weighted by Crippen LogP contribution is 2.43. The maximum absolute atomic E-state index is 14.5. The van der Waals surface area contributed by atoms with Crippen molar-refractivity contribution in [2.75, 3.05) is 25.5 Å². The van der Waals surface area contributed by atoms with E-state index in [1.165, 1.54) is 17.9 Å². The molecule has 2 N–H and O–H groups in total. The molecular weight excluding hydrogens is 453 g/mol. The first-order valence-electron chi connectivity index (χ1n) is 11.4. The molecular formula is C25H26FN5O2S. The lowest BCUT2D eigenvalue weighted by molar-refractivity contribution is 0.0964. The van der Waals surface area contributed by atoms with Crippen LogP contribution < -0.4 is 10.6 Å². The summed E-state index contributed by atoms with van der Waals surface area (Å²) in [5, 5.41) is 6.36. The maximum atomic E-state index is 14.5. The Labute approximate surface area is 201 Å². The summed E-state index contributed by atoms with van der Waals surface area (Å²) < 4.78 is 18.6. The first kappa shape index (κ1) is 22.5. The number of rotatable bonds is 5. The van der Waals surface area contributed by atoms with E-state index in [9.17, 15) is 14.0 Å². The summed E-state index contributed by atoms with van der Waals surface area (Å²) >= 11 is 1.27. The molecule has 3 amide bonds. The van der Waals surface area contributed by atoms with Crippen LogP contribution in [0, 0.1) is 12.7 Å². The molecule has 9 heteroatoms. The fraction of sp³-hybridized carbons (Fsp3) is 0.360. The number of nitrogens with zero attached hydrogens (tertiary/aromatic N) is 3. The summed E-state index contributed by atoms with van der Waals surface area (Å²) in [6.07, 6.45) is 4.34. The Morgan fingerprint density at radius 2 is 2.03 bits per heavy atom. The van der Waals surface area contributed by atoms with E-state index >= 15 is 0 Å². The van der Waals surface area contributed by atoms with Gasteiger partial charge in [-0.05, 0) is 78.5 Å². The summed E-state index contributed by atoms with van der Waals surface area (Å²) in [6, 6.07) is 10.5. The molecule has 3 aromatic rings. The van der Waals surface area contributed by atoms with Crippen LogP contribution in [0.5, 0.6) is 0 Å². The number of hydrogen-bond acceptors (Lipinski definition) is 5. The number of nitrogens with one attached hydrogen (secondary N) is 2. The van der Waals surface area contributed by atoms with E-state index in [1.54, 1.807) is 37.1 Å². The summed E-state index contributed by atoms with van der Waals surface area (Å²) in [7, 11) is 1.57. The van der Waals surface area contributed by atoms with Gasteiger partial charge in [0.2, 0.25) is 0 Å². The molecule has 1 saturated carbocycles. The Hall–Kier alpha value is -3.33. The van der Waals surface area contributed by atoms with Gasteiger partial charge in [-0.2, -0.15) is 4.37 Å². The van der Waals surface area contributed by atoms with Crippen molar-refractivity contribution < 1.29 is 14.0 Å². The molecule has 2 aromatic carbocycles. The number of amides is 3. The summed E-state index contributed by atoms with van der Waals surface area (Å²) in [5.41, 5.74) is 2.78. The molecule has 0 spiro atoms. The third kappa shape index (κ3) is 4.04. The van der Waals surface area contributed by atoms with Gasteiger partial charge < -0.3 is 15.5 Å². The number of urea groups is 1. The van der Waals surface area contributed by atoms with E-state index < -0.39 is 5.41 Å². The van der Waals surface area contributed by atoms with Gasteiger partial charge in [0.05, 0.1) is 16.7 Å². The highest BCUT2D eigenvalue weighted by molar-refractivity contribution is 7.05. The zero-order chi connectivity index (χ0) is 23.9. The van der Waals surface area contributed by atoms with Crippen molar-refractivity contribution in [2.24, 2.45) is 0 Å². The average molecular weight is 480 g/mol. The summed E-state index contributed by atoms with van der Waals surface area (Å²) in [6.45, 7) is 2.54. The van der Waals surface area contributed by atoms with E-state index in [0.717, 1.165) is 29.0 Å². The van der Waals surface area contributed by atoms with Crippen molar-refractivity contribution in [3.05, 3.63) is 75.8 Å². The van der Waals surface area contributed by atoms with Gasteiger partial charge in [-0.15, -0.1) is 0 Å². The van der Waals surface area contributed by atoms with E-state index in [1.807, 2.05) is 18.2 Å². The molecule has 0 radical (unpaired) electrons. The molecule has 0 bridgehead atoms. The van der Waals surface area contributed by atoms with Crippen LogP contribution in [0.2, 0.25) is 0 Å². The van der Waals surface area contributed by atoms with Crippen LogP contribution in [0.4, 0.5) is 14.9 Å². The van der Waals surface area contributed by atoms with Crippen LogP contribution in [-0.4, -0.2) is 46.3 Å². The number of anilines is 1. The van der Waals surface area contributed by atoms with Gasteiger partial charge >= 0.3 is 6.03 Å². The first-order valence-corrected chi connectivity index (χ1v) is 12.1. The topological polar surface area (TPSA) is 87.2 Å². The Morgan fingerprint density at radius 3 is 2.71 bits per heavy atom. The van der Waals surface area contributed by atoms with Crippen molar-refractivity contribution in [2.45, 2.75) is 37.5 Å². The number of halogens is 1. The monoisotopic (exact) mass is 479 g/mol. The number of carbonyl (C=O) groups is 2. The molecule has 1 saturated heterocycles. The molecule has 2 fully saturated rings. The molecule has 7 nitrogen and oxygen atoms in total. The molecule has 1 aromatic heterocycles. The predicted molar refractivity (Wildman–Crippen MR) is 129 cm³/mol. The third-order valence-corrected chi connectivity index (χ3v) is 7.73. The Bertz CT molecular complexity index is 1240. The van der Waals surface area contributed by atoms with Crippen molar-refractivity contribution in [1.82, 2.24) is 19.6 Å². The minimum absolute atomic E-state index is 0.252. The van der Waals surface area contributed by atoms with E-state index in [-0.39, 0.29) is 17.8 Å². The number of aromatic nitrogens is 2. The number of carbonyl (C=O) groups excluding carboxylic acids is 2. The Morgan fingerprint density at radius 1 is 1.21 bits per heavy atom. The highest BCUT2D eigenvalue weighted by Gasteiger charge is 2.45. The van der Waals surface area contributed by atoms with Gasteiger partial charge in [-0.1, -0.05) is 18.2 Å². The van der Waals surface area contributed by atoms with Gasteiger partial charge in [-0.25, -0.2) is 14.2 Å². The molecule has 34 heavy (non-hydrogen) atoms. The second-order valence-electron chi connectivity index (χ2n) is 9.05. The average Bonchev–Trinajstić information content (AvgIpc) is 3.34. The number of hydrogen-bond donors (Lipinski definition) is 2. The second-order valence-corrected chi connectivity index (χ2v) is 9.83. The molecule has 2 aliphatic rings. The smallest absolute Gasteiger partial charge is 0.321 e. The number of aryl methyl sites for hydroxylation is 1. The lowest BCUT2D eigenvalue weighted by Crippen LogP contribution is -2.38. The zero-order valence-corrected chi connectivity index (χ0v) is 19.9. The molecule has 0 unspecified atom stereocenters. The quantitative estimate of drug-likeness (QED) is 0.566. The standard InChI is InChI=1S/C25H26FN5O2S/c1-15-3-7-18(12-20(15)26)25(23-28-14-29-34-23)9-10-31(13-25)24(33)30-21-11-17(16-4-5-16)6-8-19(21)22(32)27-2/h3,6-8,11-12,14,16H,4-5,9-10,13H2,1-2H3,(H,27,32)(H,30,33)/t25-/m1/s1. The van der Waals surface area contributed by atoms with Crippen LogP contribution >= 0.6 is 11.5 Å². The normalized spacial score (nSPS) is 19.8. The van der Waals surface area contributed by atoms with Gasteiger partial charge in [0.25, 0.3) is 5.91 Å². The minimum Gasteiger partial charge on any atom is -0.355 e. The summed E-state index contributed by atoms with van der Waals surface area (Å²) in [5.74, 6) is -0.0449. The van der Waals surface area contributed by atoms with Crippen molar-refractivity contribution in [3.63, 3.8) is 0 Å². The number of likely N-dealkylation sites (tertiary alicyclic amines) is 1. The van der Waals surface area contributed by atoms with Crippen LogP contribution in [-0.2, 0) is 5.41 Å². The SMILES string of the molecule is CNC(=O)c1ccc(C2CC2)cc1NC(=O)N1CC[C@@](c2ccc(C)c(F)c2)(c2ncns2)C1. The van der Waals surface area contributed by atoms with Crippen molar-refractivity contribution in [3.8, 4) is 0 Å². The molecule has 2 heterocycles. The van der Waals surface area contributed by atoms with Crippen molar-refractivity contribution in [1.29, 1.82) is 0 Å². The van der Waals surface area contributed by atoms with E-state index in [4.69, 9.17) is 0 Å². The van der Waals surface area contributed by atoms with Gasteiger partial charge in [0.15, 0.2) is 0 Å². The fourth-order valence-electron chi connectivity index (χ4n) is 4.65. The lowest BCUT2D eigenvalue weighted by atomic mass is 9.80. The first-order chi connectivity index (χ1) is 16.4. The molecule has 176 valence electrons. The van der Waals surface area contributed by atoms with Crippen LogP contribution in [0.3, 0.4) is 0 Å². The van der Waals surface area contributed by atoms with E-state index in [0.29, 0.717) is 42.2 Å². The van der Waals surface area contributed by atoms with Crippen molar-refractivity contribution >= 4 is 29.2 Å². The molecule has 1 aliphatic carbocycles. The van der Waals surface area contributed by atoms with E-state index in [2.05, 4.69) is 20.0 Å². The van der Waals surface area contributed by atoms with Crippen LogP contribution in [0.25, 0.3) is 0 Å². The molecule has 1 aliphatic heterocycles. The van der Waals surface area contributed by atoms with Crippen LogP contribution in [0.1, 0.15) is 57.2 Å². The predicted octanol–water partition coefficient (Wildman–Crippen LogP) is 4.45. The Kier molecular flexibility index (Phi) is 5.81. The zero-order valence-electron chi connectivity index (χ0n) is 19.1. The summed E-state index contributed by atoms with van der Waals surface area (Å²) in [4.78, 5) is 31.9. The van der Waals surface area contributed by atoms with Crippen LogP contribution in [0.15, 0.2) is 42.7 Å². The molecule has 5 rings (SSSR count). The minimum atomic E-state index is -0.632. The van der Waals surface area contributed by atoms with Gasteiger partial charge in [0, 0.05) is 20.1 Å². The highest BCUT2D eigenvalue weighted by atomic mass is 32.1.